The molecular formula is C21H30N2O3S. The first-order chi connectivity index (χ1) is 13.1. The summed E-state index contributed by atoms with van der Waals surface area (Å²) in [5, 5.41) is 0. The van der Waals surface area contributed by atoms with E-state index in [4.69, 9.17) is 0 Å². The summed E-state index contributed by atoms with van der Waals surface area (Å²) in [7, 11) is -3.52. The van der Waals surface area contributed by atoms with Gasteiger partial charge in [0, 0.05) is 25.2 Å². The Morgan fingerprint density at radius 2 is 1.56 bits per heavy atom. The Morgan fingerprint density at radius 3 is 2.22 bits per heavy atom. The number of hydrogen-bond acceptors (Lipinski definition) is 3. The van der Waals surface area contributed by atoms with E-state index < -0.39 is 10.0 Å². The number of benzene rings is 1. The molecule has 0 radical (unpaired) electrons. The molecule has 0 bridgehead atoms. The van der Waals surface area contributed by atoms with Gasteiger partial charge in [0.25, 0.3) is 0 Å². The van der Waals surface area contributed by atoms with Gasteiger partial charge in [0.2, 0.25) is 15.9 Å². The third-order valence-electron chi connectivity index (χ3n) is 6.28. The number of sulfonamides is 1. The maximum absolute atomic E-state index is 13.4. The van der Waals surface area contributed by atoms with Gasteiger partial charge in [0.15, 0.2) is 0 Å². The molecule has 6 heteroatoms. The molecular weight excluding hydrogens is 360 g/mol. The predicted octanol–water partition coefficient (Wildman–Crippen LogP) is 3.41. The van der Waals surface area contributed by atoms with Gasteiger partial charge < -0.3 is 4.90 Å². The van der Waals surface area contributed by atoms with Gasteiger partial charge in [0.05, 0.1) is 10.8 Å². The van der Waals surface area contributed by atoms with Crippen LogP contribution in [0, 0.1) is 5.92 Å². The van der Waals surface area contributed by atoms with E-state index >= 15 is 0 Å². The average Bonchev–Trinajstić information content (AvgIpc) is 3.55. The lowest BCUT2D eigenvalue weighted by Gasteiger charge is -2.39. The van der Waals surface area contributed by atoms with Gasteiger partial charge in [-0.05, 0) is 50.7 Å². The minimum atomic E-state index is -3.52. The van der Waals surface area contributed by atoms with Crippen molar-refractivity contribution in [2.24, 2.45) is 5.92 Å². The van der Waals surface area contributed by atoms with E-state index in [-0.39, 0.29) is 11.8 Å². The fourth-order valence-corrected chi connectivity index (χ4v) is 6.23. The van der Waals surface area contributed by atoms with Crippen LogP contribution in [-0.2, 0) is 14.8 Å². The first-order valence-electron chi connectivity index (χ1n) is 10.4. The van der Waals surface area contributed by atoms with E-state index in [1.807, 2.05) is 6.07 Å². The summed E-state index contributed by atoms with van der Waals surface area (Å²) < 4.78 is 27.5. The number of carbonyl (C=O) groups is 1. The lowest BCUT2D eigenvalue weighted by atomic mass is 9.91. The molecule has 1 saturated heterocycles. The van der Waals surface area contributed by atoms with Gasteiger partial charge in [-0.25, -0.2) is 8.42 Å². The largest absolute Gasteiger partial charge is 0.336 e. The highest BCUT2D eigenvalue weighted by atomic mass is 32.2. The van der Waals surface area contributed by atoms with Gasteiger partial charge in [-0.1, -0.05) is 37.5 Å². The van der Waals surface area contributed by atoms with Gasteiger partial charge in [-0.3, -0.25) is 4.79 Å². The Labute approximate surface area is 162 Å². The Morgan fingerprint density at radius 1 is 0.889 bits per heavy atom. The summed E-state index contributed by atoms with van der Waals surface area (Å²) in [6, 6.07) is 9.37. The Kier molecular flexibility index (Phi) is 5.55. The topological polar surface area (TPSA) is 57.7 Å². The zero-order valence-electron chi connectivity index (χ0n) is 15.9. The second kappa shape index (κ2) is 7.92. The molecule has 0 N–H and O–H groups in total. The molecule has 0 aromatic heterocycles. The Balaban J connectivity index is 1.49. The molecule has 1 amide bonds. The van der Waals surface area contributed by atoms with Gasteiger partial charge in [-0.2, -0.15) is 4.31 Å². The van der Waals surface area contributed by atoms with Gasteiger partial charge in [-0.15, -0.1) is 0 Å². The van der Waals surface area contributed by atoms with Crippen molar-refractivity contribution in [1.82, 2.24) is 9.21 Å². The maximum atomic E-state index is 13.4. The zero-order valence-corrected chi connectivity index (χ0v) is 16.7. The molecule has 2 aliphatic carbocycles. The summed E-state index contributed by atoms with van der Waals surface area (Å²) in [5.74, 6) is 0.0112. The minimum absolute atomic E-state index is 0.195. The fraction of sp³-hybridized carbons (Fsp3) is 0.667. The van der Waals surface area contributed by atoms with Crippen LogP contribution >= 0.6 is 0 Å². The van der Waals surface area contributed by atoms with Crippen LogP contribution in [0.5, 0.6) is 0 Å². The zero-order chi connectivity index (χ0) is 18.9. The summed E-state index contributed by atoms with van der Waals surface area (Å²) >= 11 is 0. The van der Waals surface area contributed by atoms with E-state index in [1.54, 1.807) is 24.3 Å². The lowest BCUT2D eigenvalue weighted by Crippen LogP contribution is -2.50. The van der Waals surface area contributed by atoms with E-state index in [9.17, 15) is 13.2 Å². The molecule has 3 aliphatic rings. The smallest absolute Gasteiger partial charge is 0.243 e. The van der Waals surface area contributed by atoms with E-state index in [1.165, 1.54) is 23.6 Å². The third-order valence-corrected chi connectivity index (χ3v) is 8.16. The van der Waals surface area contributed by atoms with Gasteiger partial charge in [0.1, 0.15) is 0 Å². The number of hydrogen-bond donors (Lipinski definition) is 0. The van der Waals surface area contributed by atoms with Crippen molar-refractivity contribution in [3.63, 3.8) is 0 Å². The number of carbonyl (C=O) groups excluding carboxylic acids is 1. The standard InChI is InChI=1S/C21H30N2O3S/c24-21(23(19-13-14-19)18-9-3-1-4-10-18)17-8-7-15-22(16-17)27(25,26)20-11-5-2-6-12-20/h2,5-6,11-12,17-19H,1,3-4,7-10,13-16H2. The summed E-state index contributed by atoms with van der Waals surface area (Å²) in [4.78, 5) is 15.9. The van der Waals surface area contributed by atoms with Crippen molar-refractivity contribution in [2.45, 2.75) is 74.8 Å². The molecule has 3 fully saturated rings. The van der Waals surface area contributed by atoms with Crippen LogP contribution in [0.2, 0.25) is 0 Å². The number of nitrogens with zero attached hydrogens (tertiary/aromatic N) is 2. The normalized spacial score (nSPS) is 25.3. The van der Waals surface area contributed by atoms with Crippen molar-refractivity contribution < 1.29 is 13.2 Å². The Hall–Kier alpha value is -1.40. The van der Waals surface area contributed by atoms with Crippen molar-refractivity contribution in [3.8, 4) is 0 Å². The highest BCUT2D eigenvalue weighted by Gasteiger charge is 2.42. The minimum Gasteiger partial charge on any atom is -0.336 e. The molecule has 1 atom stereocenters. The Bertz CT molecular complexity index is 755. The predicted molar refractivity (Wildman–Crippen MR) is 105 cm³/mol. The van der Waals surface area contributed by atoms with E-state index in [2.05, 4.69) is 4.90 Å². The van der Waals surface area contributed by atoms with Crippen LogP contribution in [0.3, 0.4) is 0 Å². The quantitative estimate of drug-likeness (QED) is 0.774. The van der Waals surface area contributed by atoms with Crippen molar-refractivity contribution >= 4 is 15.9 Å². The molecule has 4 rings (SSSR count). The first-order valence-corrected chi connectivity index (χ1v) is 11.9. The van der Waals surface area contributed by atoms with Crippen LogP contribution < -0.4 is 0 Å². The molecule has 1 aliphatic heterocycles. The second-order valence-electron chi connectivity index (χ2n) is 8.28. The van der Waals surface area contributed by atoms with Crippen LogP contribution in [0.15, 0.2) is 35.2 Å². The second-order valence-corrected chi connectivity index (χ2v) is 10.2. The average molecular weight is 391 g/mol. The molecule has 1 heterocycles. The fourth-order valence-electron chi connectivity index (χ4n) is 4.68. The van der Waals surface area contributed by atoms with Crippen molar-refractivity contribution in [3.05, 3.63) is 30.3 Å². The maximum Gasteiger partial charge on any atom is 0.243 e. The first kappa shape index (κ1) is 18.9. The van der Waals surface area contributed by atoms with E-state index in [0.717, 1.165) is 38.5 Å². The number of piperidine rings is 1. The van der Waals surface area contributed by atoms with Crippen LogP contribution in [0.4, 0.5) is 0 Å². The van der Waals surface area contributed by atoms with E-state index in [0.29, 0.717) is 30.1 Å². The highest BCUT2D eigenvalue weighted by molar-refractivity contribution is 7.89. The highest BCUT2D eigenvalue weighted by Crippen LogP contribution is 2.36. The molecule has 27 heavy (non-hydrogen) atoms. The van der Waals surface area contributed by atoms with Gasteiger partial charge >= 0.3 is 0 Å². The molecule has 0 spiro atoms. The number of rotatable bonds is 5. The van der Waals surface area contributed by atoms with Crippen molar-refractivity contribution in [2.75, 3.05) is 13.1 Å². The molecule has 1 aromatic rings. The van der Waals surface area contributed by atoms with Crippen LogP contribution in [0.1, 0.15) is 57.8 Å². The molecule has 5 nitrogen and oxygen atoms in total. The third kappa shape index (κ3) is 4.06. The molecule has 1 aromatic carbocycles. The summed E-state index contributed by atoms with van der Waals surface area (Å²) in [6.45, 7) is 0.833. The van der Waals surface area contributed by atoms with Crippen LogP contribution in [-0.4, -0.2) is 48.7 Å². The SMILES string of the molecule is O=C(C1CCCN(S(=O)(=O)c2ccccc2)C1)N(C1CCCCC1)C1CC1. The van der Waals surface area contributed by atoms with Crippen LogP contribution in [0.25, 0.3) is 0 Å². The summed E-state index contributed by atoms with van der Waals surface area (Å²) in [6.07, 6.45) is 9.70. The van der Waals surface area contributed by atoms with Crippen molar-refractivity contribution in [1.29, 1.82) is 0 Å². The molecule has 1 unspecified atom stereocenters. The molecule has 148 valence electrons. The molecule has 2 saturated carbocycles. The summed E-state index contributed by atoms with van der Waals surface area (Å²) in [5.41, 5.74) is 0. The number of amides is 1. The lowest BCUT2D eigenvalue weighted by molar-refractivity contribution is -0.140. The monoisotopic (exact) mass is 390 g/mol.